The average Bonchev–Trinajstić information content (AvgIpc) is 2.26. The molecule has 0 aromatic carbocycles. The Hall–Kier alpha value is 0.354. The van der Waals surface area contributed by atoms with Crippen molar-refractivity contribution in [1.29, 1.82) is 0 Å². The number of nitrogens with one attached hydrogen (secondary N) is 2. The van der Waals surface area contributed by atoms with Crippen molar-refractivity contribution in [3.8, 4) is 0 Å². The standard InChI is InChI=1S/C12H32N2Si2/c1-7-11(3)13-15(5)9-10-16(6)14-12(4)8-2/h11-16H,7-10H2,1-6H3. The maximum absolute atomic E-state index is 3.79. The smallest absolute Gasteiger partial charge is 0.105 e. The molecule has 0 spiro atoms. The summed E-state index contributed by atoms with van der Waals surface area (Å²) in [4.78, 5) is 7.57. The fourth-order valence-electron chi connectivity index (χ4n) is 1.87. The van der Waals surface area contributed by atoms with E-state index in [0.29, 0.717) is 0 Å². The molecule has 0 aliphatic rings. The lowest BCUT2D eigenvalue weighted by Gasteiger charge is -2.21. The Morgan fingerprint density at radius 2 is 1.12 bits per heavy atom. The SMILES string of the molecule is CCC(C)N[SiH](C)CC[SiH](C)NC(C)CC. The van der Waals surface area contributed by atoms with Gasteiger partial charge in [-0.05, 0) is 37.0 Å². The van der Waals surface area contributed by atoms with Crippen molar-refractivity contribution in [3.05, 3.63) is 0 Å². The summed E-state index contributed by atoms with van der Waals surface area (Å²) in [7, 11) is -1.29. The predicted octanol–water partition coefficient (Wildman–Crippen LogP) is 2.47. The second kappa shape index (κ2) is 9.39. The topological polar surface area (TPSA) is 24.1 Å². The third kappa shape index (κ3) is 8.50. The molecule has 0 heterocycles. The second-order valence-electron chi connectivity index (χ2n) is 5.33. The van der Waals surface area contributed by atoms with Crippen molar-refractivity contribution in [2.75, 3.05) is 0 Å². The highest BCUT2D eigenvalue weighted by molar-refractivity contribution is 6.60. The molecule has 0 aliphatic carbocycles. The first-order valence-corrected chi connectivity index (χ1v) is 12.1. The van der Waals surface area contributed by atoms with Crippen LogP contribution < -0.4 is 9.96 Å². The van der Waals surface area contributed by atoms with Crippen molar-refractivity contribution in [3.63, 3.8) is 0 Å². The summed E-state index contributed by atoms with van der Waals surface area (Å²) in [5, 5.41) is 0. The molecule has 0 bridgehead atoms. The molecular weight excluding hydrogens is 228 g/mol. The van der Waals surface area contributed by atoms with Gasteiger partial charge in [0.2, 0.25) is 0 Å². The van der Waals surface area contributed by atoms with Crippen LogP contribution in [0.3, 0.4) is 0 Å². The van der Waals surface area contributed by atoms with Crippen LogP contribution in [0.1, 0.15) is 40.5 Å². The Balaban J connectivity index is 3.62. The third-order valence-electron chi connectivity index (χ3n) is 3.40. The first kappa shape index (κ1) is 16.4. The van der Waals surface area contributed by atoms with Gasteiger partial charge in [0.1, 0.15) is 17.9 Å². The van der Waals surface area contributed by atoms with Gasteiger partial charge in [-0.25, -0.2) is 0 Å². The van der Waals surface area contributed by atoms with Gasteiger partial charge in [0.05, 0.1) is 0 Å². The van der Waals surface area contributed by atoms with Crippen LogP contribution in [0.4, 0.5) is 0 Å². The van der Waals surface area contributed by atoms with E-state index in [0.717, 1.165) is 12.1 Å². The summed E-state index contributed by atoms with van der Waals surface area (Å²) >= 11 is 0. The molecule has 0 amide bonds. The first-order chi connectivity index (χ1) is 7.49. The van der Waals surface area contributed by atoms with Gasteiger partial charge in [-0.1, -0.05) is 40.8 Å². The van der Waals surface area contributed by atoms with Crippen molar-refractivity contribution in [2.24, 2.45) is 0 Å². The number of hydrogen-bond acceptors (Lipinski definition) is 2. The molecule has 98 valence electrons. The second-order valence-corrected chi connectivity index (χ2v) is 10.8. The quantitative estimate of drug-likeness (QED) is 0.623. The minimum Gasteiger partial charge on any atom is -0.337 e. The molecule has 4 unspecified atom stereocenters. The highest BCUT2D eigenvalue weighted by Crippen LogP contribution is 2.03. The van der Waals surface area contributed by atoms with Crippen LogP contribution in [0.5, 0.6) is 0 Å². The zero-order valence-electron chi connectivity index (χ0n) is 12.1. The molecule has 0 radical (unpaired) electrons. The molecule has 2 N–H and O–H groups in total. The highest BCUT2D eigenvalue weighted by Gasteiger charge is 2.11. The van der Waals surface area contributed by atoms with Gasteiger partial charge in [-0.2, -0.15) is 0 Å². The van der Waals surface area contributed by atoms with Gasteiger partial charge in [0.25, 0.3) is 0 Å². The van der Waals surface area contributed by atoms with E-state index in [2.05, 4.69) is 50.8 Å². The summed E-state index contributed by atoms with van der Waals surface area (Å²) in [6.45, 7) is 14.1. The lowest BCUT2D eigenvalue weighted by Crippen LogP contribution is -2.41. The molecule has 0 fully saturated rings. The fraction of sp³-hybridized carbons (Fsp3) is 1.00. The summed E-state index contributed by atoms with van der Waals surface area (Å²) in [5.74, 6) is 0. The lowest BCUT2D eigenvalue weighted by atomic mass is 10.3. The zero-order chi connectivity index (χ0) is 12.6. The molecule has 0 saturated carbocycles. The van der Waals surface area contributed by atoms with Gasteiger partial charge in [0.15, 0.2) is 0 Å². The van der Waals surface area contributed by atoms with Crippen LogP contribution in [0.25, 0.3) is 0 Å². The van der Waals surface area contributed by atoms with Crippen LogP contribution in [0.15, 0.2) is 0 Å². The van der Waals surface area contributed by atoms with Gasteiger partial charge in [-0.3, -0.25) is 0 Å². The Morgan fingerprint density at radius 3 is 1.38 bits per heavy atom. The Morgan fingerprint density at radius 1 is 0.812 bits per heavy atom. The monoisotopic (exact) mass is 260 g/mol. The fourth-order valence-corrected chi connectivity index (χ4v) is 8.62. The van der Waals surface area contributed by atoms with E-state index in [1.165, 1.54) is 24.9 Å². The number of rotatable bonds is 9. The van der Waals surface area contributed by atoms with Gasteiger partial charge < -0.3 is 9.96 Å². The average molecular weight is 261 g/mol. The Labute approximate surface area is 106 Å². The van der Waals surface area contributed by atoms with E-state index in [1.807, 2.05) is 0 Å². The summed E-state index contributed by atoms with van der Waals surface area (Å²) in [6, 6.07) is 4.37. The predicted molar refractivity (Wildman–Crippen MR) is 81.4 cm³/mol. The maximum atomic E-state index is 3.79. The molecule has 2 nitrogen and oxygen atoms in total. The van der Waals surface area contributed by atoms with Crippen molar-refractivity contribution < 1.29 is 0 Å². The highest BCUT2D eigenvalue weighted by atomic mass is 28.3. The van der Waals surface area contributed by atoms with Crippen LogP contribution >= 0.6 is 0 Å². The van der Waals surface area contributed by atoms with Crippen LogP contribution in [0.2, 0.25) is 25.2 Å². The molecule has 0 aromatic heterocycles. The maximum Gasteiger partial charge on any atom is 0.105 e. The van der Waals surface area contributed by atoms with E-state index in [1.54, 1.807) is 0 Å². The lowest BCUT2D eigenvalue weighted by molar-refractivity contribution is 0.644. The van der Waals surface area contributed by atoms with E-state index < -0.39 is 17.9 Å². The molecule has 4 atom stereocenters. The Bertz CT molecular complexity index is 149. The van der Waals surface area contributed by atoms with E-state index >= 15 is 0 Å². The molecule has 16 heavy (non-hydrogen) atoms. The van der Waals surface area contributed by atoms with Crippen molar-refractivity contribution in [2.45, 2.75) is 77.8 Å². The summed E-state index contributed by atoms with van der Waals surface area (Å²) in [6.07, 6.45) is 2.52. The summed E-state index contributed by atoms with van der Waals surface area (Å²) in [5.41, 5.74) is 0. The molecule has 4 heteroatoms. The summed E-state index contributed by atoms with van der Waals surface area (Å²) < 4.78 is 0. The van der Waals surface area contributed by atoms with Crippen molar-refractivity contribution in [1.82, 2.24) is 9.96 Å². The first-order valence-electron chi connectivity index (χ1n) is 7.01. The minimum absolute atomic E-state index is 0.643. The van der Waals surface area contributed by atoms with Gasteiger partial charge in [-0.15, -0.1) is 0 Å². The number of hydrogen-bond donors (Lipinski definition) is 2. The zero-order valence-corrected chi connectivity index (χ0v) is 14.4. The third-order valence-corrected chi connectivity index (χ3v) is 8.74. The molecule has 0 aromatic rings. The van der Waals surface area contributed by atoms with Crippen LogP contribution in [0, 0.1) is 0 Å². The molecule has 0 saturated heterocycles. The largest absolute Gasteiger partial charge is 0.337 e. The molecular formula is C12H32N2Si2. The Kier molecular flexibility index (Phi) is 9.60. The van der Waals surface area contributed by atoms with Crippen LogP contribution in [-0.4, -0.2) is 30.0 Å². The van der Waals surface area contributed by atoms with E-state index in [9.17, 15) is 0 Å². The van der Waals surface area contributed by atoms with Gasteiger partial charge in [0, 0.05) is 0 Å². The normalized spacial score (nSPS) is 19.1. The molecule has 0 rings (SSSR count). The van der Waals surface area contributed by atoms with Crippen molar-refractivity contribution >= 4 is 17.9 Å². The minimum atomic E-state index is -0.643. The van der Waals surface area contributed by atoms with E-state index in [4.69, 9.17) is 0 Å². The van der Waals surface area contributed by atoms with E-state index in [-0.39, 0.29) is 0 Å². The van der Waals surface area contributed by atoms with Gasteiger partial charge >= 0.3 is 0 Å². The van der Waals surface area contributed by atoms with Crippen LogP contribution in [-0.2, 0) is 0 Å². The molecule has 0 aliphatic heterocycles.